The second kappa shape index (κ2) is 5.60. The van der Waals surface area contributed by atoms with Gasteiger partial charge in [0.05, 0.1) is 5.75 Å². The molecule has 1 amide bonds. The Bertz CT molecular complexity index is 161. The summed E-state index contributed by atoms with van der Waals surface area (Å²) >= 11 is 3.78. The van der Waals surface area contributed by atoms with Crippen LogP contribution in [-0.2, 0) is 15.6 Å². The average Bonchev–Trinajstić information content (AvgIpc) is 1.99. The lowest BCUT2D eigenvalue weighted by Gasteiger charge is -2.08. The lowest BCUT2D eigenvalue weighted by molar-refractivity contribution is -0.118. The van der Waals surface area contributed by atoms with Crippen molar-refractivity contribution < 1.29 is 9.00 Å². The van der Waals surface area contributed by atoms with Crippen LogP contribution in [0.3, 0.4) is 0 Å². The Morgan fingerprint density at radius 2 is 2.27 bits per heavy atom. The van der Waals surface area contributed by atoms with E-state index in [-0.39, 0.29) is 16.9 Å². The molecular formula is C6H13NO2S2. The van der Waals surface area contributed by atoms with E-state index in [0.717, 1.165) is 0 Å². The van der Waals surface area contributed by atoms with Crippen molar-refractivity contribution in [1.82, 2.24) is 5.32 Å². The van der Waals surface area contributed by atoms with Crippen molar-refractivity contribution >= 4 is 29.3 Å². The van der Waals surface area contributed by atoms with E-state index in [1.807, 2.05) is 6.92 Å². The summed E-state index contributed by atoms with van der Waals surface area (Å²) in [5, 5.41) is 2.62. The summed E-state index contributed by atoms with van der Waals surface area (Å²) < 4.78 is 10.8. The van der Waals surface area contributed by atoms with Gasteiger partial charge in [-0.15, -0.1) is 0 Å². The third-order valence-corrected chi connectivity index (χ3v) is 2.88. The van der Waals surface area contributed by atoms with Gasteiger partial charge in [0.15, 0.2) is 0 Å². The van der Waals surface area contributed by atoms with Gasteiger partial charge >= 0.3 is 0 Å². The average molecular weight is 195 g/mol. The highest BCUT2D eigenvalue weighted by atomic mass is 32.2. The summed E-state index contributed by atoms with van der Waals surface area (Å²) in [6.45, 7) is 2.29. The van der Waals surface area contributed by atoms with Gasteiger partial charge in [0.2, 0.25) is 5.91 Å². The highest BCUT2D eigenvalue weighted by Gasteiger charge is 2.06. The Labute approximate surface area is 74.8 Å². The summed E-state index contributed by atoms with van der Waals surface area (Å²) in [6, 6.07) is 0. The Hall–Kier alpha value is -0.0300. The molecule has 0 radical (unpaired) electrons. The molecule has 0 aromatic rings. The Morgan fingerprint density at radius 1 is 1.73 bits per heavy atom. The summed E-state index contributed by atoms with van der Waals surface area (Å²) in [4.78, 5) is 10.7. The first-order valence-electron chi connectivity index (χ1n) is 3.27. The van der Waals surface area contributed by atoms with Crippen LogP contribution >= 0.6 is 12.6 Å². The fourth-order valence-electron chi connectivity index (χ4n) is 0.431. The van der Waals surface area contributed by atoms with Crippen LogP contribution in [0.1, 0.15) is 6.92 Å². The van der Waals surface area contributed by atoms with E-state index in [0.29, 0.717) is 6.54 Å². The predicted octanol–water partition coefficient (Wildman–Crippen LogP) is -0.201. The first-order valence-corrected chi connectivity index (χ1v) is 5.53. The zero-order valence-electron chi connectivity index (χ0n) is 6.66. The smallest absolute Gasteiger partial charge is 0.229 e. The molecule has 0 heterocycles. The molecule has 0 aliphatic heterocycles. The number of hydrogen-bond acceptors (Lipinski definition) is 3. The summed E-state index contributed by atoms with van der Waals surface area (Å²) in [5.74, 6) is 0.0638. The van der Waals surface area contributed by atoms with Crippen LogP contribution in [0.15, 0.2) is 0 Å². The minimum Gasteiger partial charge on any atom is -0.354 e. The second-order valence-electron chi connectivity index (χ2n) is 2.27. The van der Waals surface area contributed by atoms with Crippen LogP contribution in [0.5, 0.6) is 0 Å². The molecule has 0 saturated heterocycles. The van der Waals surface area contributed by atoms with Gasteiger partial charge < -0.3 is 5.32 Å². The molecule has 0 aliphatic rings. The number of amides is 1. The van der Waals surface area contributed by atoms with Crippen molar-refractivity contribution in [3.63, 3.8) is 0 Å². The molecule has 2 atom stereocenters. The van der Waals surface area contributed by atoms with Crippen LogP contribution < -0.4 is 5.32 Å². The molecule has 3 nitrogen and oxygen atoms in total. The van der Waals surface area contributed by atoms with E-state index in [1.165, 1.54) is 0 Å². The zero-order valence-corrected chi connectivity index (χ0v) is 8.37. The molecule has 0 aromatic carbocycles. The maximum absolute atomic E-state index is 10.8. The van der Waals surface area contributed by atoms with Crippen LogP contribution in [0.2, 0.25) is 0 Å². The van der Waals surface area contributed by atoms with Crippen LogP contribution in [-0.4, -0.2) is 33.9 Å². The van der Waals surface area contributed by atoms with Gasteiger partial charge in [0.1, 0.15) is 0 Å². The van der Waals surface area contributed by atoms with Crippen molar-refractivity contribution in [3.8, 4) is 0 Å². The molecule has 0 spiro atoms. The van der Waals surface area contributed by atoms with Gasteiger partial charge in [-0.25, -0.2) is 0 Å². The highest BCUT2D eigenvalue weighted by molar-refractivity contribution is 7.84. The van der Waals surface area contributed by atoms with Crippen LogP contribution in [0.25, 0.3) is 0 Å². The molecule has 66 valence electrons. The first-order chi connectivity index (χ1) is 5.07. The monoisotopic (exact) mass is 195 g/mol. The molecular weight excluding hydrogens is 182 g/mol. The standard InChI is InChI=1S/C6H13NO2S2/c1-5(11(2)9)3-7-6(8)4-10/h5,10H,3-4H2,1-2H3,(H,7,8). The van der Waals surface area contributed by atoms with Gasteiger partial charge in [-0.3, -0.25) is 9.00 Å². The normalized spacial score (nSPS) is 15.5. The van der Waals surface area contributed by atoms with Gasteiger partial charge in [-0.05, 0) is 6.92 Å². The summed E-state index contributed by atoms with van der Waals surface area (Å²) in [7, 11) is -0.868. The Kier molecular flexibility index (Phi) is 5.58. The number of nitrogens with one attached hydrogen (secondary N) is 1. The van der Waals surface area contributed by atoms with Gasteiger partial charge in [-0.1, -0.05) is 0 Å². The van der Waals surface area contributed by atoms with Crippen molar-refractivity contribution in [2.45, 2.75) is 12.2 Å². The predicted molar refractivity (Wildman–Crippen MR) is 50.4 cm³/mol. The molecule has 1 N–H and O–H groups in total. The summed E-state index contributed by atoms with van der Waals surface area (Å²) in [5.41, 5.74) is 0. The van der Waals surface area contributed by atoms with Gasteiger partial charge in [0, 0.05) is 28.9 Å². The minimum absolute atomic E-state index is 0.0128. The molecule has 0 saturated carbocycles. The number of hydrogen-bond donors (Lipinski definition) is 2. The molecule has 0 aliphatic carbocycles. The third-order valence-electron chi connectivity index (χ3n) is 1.30. The summed E-state index contributed by atoms with van der Waals surface area (Å²) in [6.07, 6.45) is 1.62. The molecule has 2 unspecified atom stereocenters. The zero-order chi connectivity index (χ0) is 8.85. The fourth-order valence-corrected chi connectivity index (χ4v) is 0.861. The van der Waals surface area contributed by atoms with Crippen molar-refractivity contribution in [3.05, 3.63) is 0 Å². The van der Waals surface area contributed by atoms with Crippen LogP contribution in [0.4, 0.5) is 0 Å². The molecule has 0 bridgehead atoms. The van der Waals surface area contributed by atoms with E-state index >= 15 is 0 Å². The number of thiol groups is 1. The van der Waals surface area contributed by atoms with Crippen LogP contribution in [0, 0.1) is 0 Å². The van der Waals surface area contributed by atoms with E-state index < -0.39 is 10.8 Å². The SMILES string of the molecule is CC(CNC(=O)CS)S(C)=O. The van der Waals surface area contributed by atoms with E-state index in [2.05, 4.69) is 17.9 Å². The lowest BCUT2D eigenvalue weighted by atomic mass is 10.4. The quantitative estimate of drug-likeness (QED) is 0.610. The van der Waals surface area contributed by atoms with E-state index in [4.69, 9.17) is 0 Å². The fraction of sp³-hybridized carbons (Fsp3) is 0.833. The Balaban J connectivity index is 3.54. The molecule has 0 fully saturated rings. The molecule has 0 rings (SSSR count). The molecule has 11 heavy (non-hydrogen) atoms. The van der Waals surface area contributed by atoms with Crippen molar-refractivity contribution in [2.24, 2.45) is 0 Å². The largest absolute Gasteiger partial charge is 0.354 e. The first kappa shape index (κ1) is 11.0. The van der Waals surface area contributed by atoms with Crippen molar-refractivity contribution in [2.75, 3.05) is 18.6 Å². The highest BCUT2D eigenvalue weighted by Crippen LogP contribution is 1.89. The Morgan fingerprint density at radius 3 is 2.64 bits per heavy atom. The lowest BCUT2D eigenvalue weighted by Crippen LogP contribution is -2.33. The maximum atomic E-state index is 10.8. The number of carbonyl (C=O) groups is 1. The maximum Gasteiger partial charge on any atom is 0.229 e. The minimum atomic E-state index is -0.868. The van der Waals surface area contributed by atoms with Gasteiger partial charge in [0.25, 0.3) is 0 Å². The van der Waals surface area contributed by atoms with Crippen molar-refractivity contribution in [1.29, 1.82) is 0 Å². The number of carbonyl (C=O) groups excluding carboxylic acids is 1. The van der Waals surface area contributed by atoms with Gasteiger partial charge in [-0.2, -0.15) is 12.6 Å². The number of rotatable bonds is 4. The molecule has 5 heteroatoms. The third kappa shape index (κ3) is 5.26. The second-order valence-corrected chi connectivity index (χ2v) is 4.39. The molecule has 0 aromatic heterocycles. The van der Waals surface area contributed by atoms with E-state index in [9.17, 15) is 9.00 Å². The topological polar surface area (TPSA) is 46.2 Å². The van der Waals surface area contributed by atoms with E-state index in [1.54, 1.807) is 6.26 Å².